The molecule has 1 heterocycles. The van der Waals surface area contributed by atoms with Gasteiger partial charge in [-0.15, -0.1) is 0 Å². The van der Waals surface area contributed by atoms with Crippen LogP contribution in [0, 0.1) is 0 Å². The monoisotopic (exact) mass is 232 g/mol. The van der Waals surface area contributed by atoms with E-state index in [1.54, 1.807) is 0 Å². The van der Waals surface area contributed by atoms with E-state index in [1.165, 1.54) is 51.0 Å². The van der Waals surface area contributed by atoms with Crippen LogP contribution < -0.4 is 10.2 Å². The van der Waals surface area contributed by atoms with Crippen LogP contribution >= 0.6 is 0 Å². The van der Waals surface area contributed by atoms with Crippen molar-refractivity contribution in [3.8, 4) is 0 Å². The highest BCUT2D eigenvalue weighted by atomic mass is 15.1. The number of benzene rings is 1. The SMILES string of the molecule is CCCCNC1CCN(c2ccccc2)CC1. The number of para-hydroxylation sites is 1. The van der Waals surface area contributed by atoms with Gasteiger partial charge in [0.15, 0.2) is 0 Å². The Hall–Kier alpha value is -1.02. The standard InChI is InChI=1S/C15H24N2/c1-2-3-11-16-14-9-12-17(13-10-14)15-7-5-4-6-8-15/h4-8,14,16H,2-3,9-13H2,1H3. The molecule has 0 saturated carbocycles. The van der Waals surface area contributed by atoms with E-state index >= 15 is 0 Å². The summed E-state index contributed by atoms with van der Waals surface area (Å²) in [6, 6.07) is 11.5. The van der Waals surface area contributed by atoms with E-state index in [1.807, 2.05) is 0 Å². The summed E-state index contributed by atoms with van der Waals surface area (Å²) >= 11 is 0. The molecule has 0 atom stereocenters. The zero-order valence-corrected chi connectivity index (χ0v) is 10.9. The summed E-state index contributed by atoms with van der Waals surface area (Å²) in [5.74, 6) is 0. The van der Waals surface area contributed by atoms with Crippen molar-refractivity contribution >= 4 is 5.69 Å². The smallest absolute Gasteiger partial charge is 0.0366 e. The maximum atomic E-state index is 3.67. The number of hydrogen-bond donors (Lipinski definition) is 1. The third kappa shape index (κ3) is 3.74. The van der Waals surface area contributed by atoms with Crippen LogP contribution in [0.4, 0.5) is 5.69 Å². The van der Waals surface area contributed by atoms with Gasteiger partial charge < -0.3 is 10.2 Å². The van der Waals surface area contributed by atoms with Gasteiger partial charge in [-0.05, 0) is 37.9 Å². The fourth-order valence-electron chi connectivity index (χ4n) is 2.46. The Morgan fingerprint density at radius 3 is 2.53 bits per heavy atom. The highest BCUT2D eigenvalue weighted by molar-refractivity contribution is 5.46. The molecule has 0 unspecified atom stereocenters. The quantitative estimate of drug-likeness (QED) is 0.785. The van der Waals surface area contributed by atoms with Crippen LogP contribution in [0.3, 0.4) is 0 Å². The Bertz CT molecular complexity index is 302. The Morgan fingerprint density at radius 2 is 1.88 bits per heavy atom. The number of anilines is 1. The van der Waals surface area contributed by atoms with Gasteiger partial charge in [0.25, 0.3) is 0 Å². The lowest BCUT2D eigenvalue weighted by molar-refractivity contribution is 0.412. The van der Waals surface area contributed by atoms with Crippen molar-refractivity contribution in [1.29, 1.82) is 0 Å². The van der Waals surface area contributed by atoms with E-state index in [2.05, 4.69) is 47.5 Å². The van der Waals surface area contributed by atoms with Crippen molar-refractivity contribution in [2.24, 2.45) is 0 Å². The van der Waals surface area contributed by atoms with Crippen LogP contribution in [0.15, 0.2) is 30.3 Å². The van der Waals surface area contributed by atoms with Crippen LogP contribution in [0.5, 0.6) is 0 Å². The molecule has 0 radical (unpaired) electrons. The maximum absolute atomic E-state index is 3.67. The van der Waals surface area contributed by atoms with Gasteiger partial charge in [0.05, 0.1) is 0 Å². The Labute approximate surface area is 105 Å². The first kappa shape index (κ1) is 12.4. The van der Waals surface area contributed by atoms with E-state index < -0.39 is 0 Å². The van der Waals surface area contributed by atoms with Crippen molar-refractivity contribution in [2.45, 2.75) is 38.6 Å². The number of nitrogens with zero attached hydrogens (tertiary/aromatic N) is 1. The van der Waals surface area contributed by atoms with E-state index in [9.17, 15) is 0 Å². The first-order valence-electron chi connectivity index (χ1n) is 6.93. The molecule has 0 spiro atoms. The lowest BCUT2D eigenvalue weighted by Crippen LogP contribution is -2.42. The molecule has 0 bridgehead atoms. The van der Waals surface area contributed by atoms with Crippen LogP contribution in [0.2, 0.25) is 0 Å². The largest absolute Gasteiger partial charge is 0.371 e. The zero-order chi connectivity index (χ0) is 11.9. The minimum absolute atomic E-state index is 0.738. The van der Waals surface area contributed by atoms with Gasteiger partial charge in [-0.25, -0.2) is 0 Å². The number of rotatable bonds is 5. The second-order valence-corrected chi connectivity index (χ2v) is 4.90. The summed E-state index contributed by atoms with van der Waals surface area (Å²) in [6.45, 7) is 5.81. The van der Waals surface area contributed by atoms with Gasteiger partial charge in [0, 0.05) is 24.8 Å². The van der Waals surface area contributed by atoms with Gasteiger partial charge in [-0.2, -0.15) is 0 Å². The number of piperidine rings is 1. The molecule has 1 fully saturated rings. The summed E-state index contributed by atoms with van der Waals surface area (Å²) < 4.78 is 0. The normalized spacial score (nSPS) is 17.4. The van der Waals surface area contributed by atoms with E-state index in [0.717, 1.165) is 6.04 Å². The minimum atomic E-state index is 0.738. The van der Waals surface area contributed by atoms with Gasteiger partial charge in [-0.3, -0.25) is 0 Å². The topological polar surface area (TPSA) is 15.3 Å². The van der Waals surface area contributed by atoms with Gasteiger partial charge in [0.1, 0.15) is 0 Å². The zero-order valence-electron chi connectivity index (χ0n) is 10.9. The average molecular weight is 232 g/mol. The Kier molecular flexibility index (Phi) is 4.87. The predicted molar refractivity (Wildman–Crippen MR) is 74.6 cm³/mol. The van der Waals surface area contributed by atoms with Crippen molar-refractivity contribution in [2.75, 3.05) is 24.5 Å². The van der Waals surface area contributed by atoms with Crippen molar-refractivity contribution in [3.63, 3.8) is 0 Å². The van der Waals surface area contributed by atoms with Crippen molar-refractivity contribution in [3.05, 3.63) is 30.3 Å². The van der Waals surface area contributed by atoms with Gasteiger partial charge >= 0.3 is 0 Å². The molecule has 1 N–H and O–H groups in total. The molecular weight excluding hydrogens is 208 g/mol. The molecule has 1 aliphatic heterocycles. The first-order chi connectivity index (χ1) is 8.40. The second-order valence-electron chi connectivity index (χ2n) is 4.90. The second kappa shape index (κ2) is 6.65. The maximum Gasteiger partial charge on any atom is 0.0366 e. The lowest BCUT2D eigenvalue weighted by Gasteiger charge is -2.34. The summed E-state index contributed by atoms with van der Waals surface area (Å²) in [6.07, 6.45) is 5.14. The summed E-state index contributed by atoms with van der Waals surface area (Å²) in [5.41, 5.74) is 1.37. The lowest BCUT2D eigenvalue weighted by atomic mass is 10.0. The van der Waals surface area contributed by atoms with Gasteiger partial charge in [-0.1, -0.05) is 31.5 Å². The molecule has 0 aliphatic carbocycles. The number of nitrogens with one attached hydrogen (secondary N) is 1. The Morgan fingerprint density at radius 1 is 1.18 bits per heavy atom. The average Bonchev–Trinajstić information content (AvgIpc) is 2.41. The van der Waals surface area contributed by atoms with Crippen LogP contribution in [-0.2, 0) is 0 Å². The van der Waals surface area contributed by atoms with E-state index in [-0.39, 0.29) is 0 Å². The molecule has 1 aromatic carbocycles. The third-order valence-electron chi connectivity index (χ3n) is 3.58. The molecule has 2 nitrogen and oxygen atoms in total. The van der Waals surface area contributed by atoms with E-state index in [0.29, 0.717) is 0 Å². The fourth-order valence-corrected chi connectivity index (χ4v) is 2.46. The molecule has 1 aliphatic rings. The van der Waals surface area contributed by atoms with Crippen molar-refractivity contribution < 1.29 is 0 Å². The molecule has 1 saturated heterocycles. The molecule has 2 rings (SSSR count). The fraction of sp³-hybridized carbons (Fsp3) is 0.600. The summed E-state index contributed by atoms with van der Waals surface area (Å²) in [4.78, 5) is 2.50. The van der Waals surface area contributed by atoms with Crippen LogP contribution in [0.1, 0.15) is 32.6 Å². The first-order valence-corrected chi connectivity index (χ1v) is 6.93. The minimum Gasteiger partial charge on any atom is -0.371 e. The number of hydrogen-bond acceptors (Lipinski definition) is 2. The predicted octanol–water partition coefficient (Wildman–Crippen LogP) is 3.05. The third-order valence-corrected chi connectivity index (χ3v) is 3.58. The molecular formula is C15H24N2. The molecule has 0 aromatic heterocycles. The molecule has 94 valence electrons. The summed E-state index contributed by atoms with van der Waals surface area (Å²) in [5, 5.41) is 3.67. The highest BCUT2D eigenvalue weighted by Gasteiger charge is 2.18. The highest BCUT2D eigenvalue weighted by Crippen LogP contribution is 2.19. The summed E-state index contributed by atoms with van der Waals surface area (Å²) in [7, 11) is 0. The molecule has 17 heavy (non-hydrogen) atoms. The molecule has 1 aromatic rings. The van der Waals surface area contributed by atoms with Crippen molar-refractivity contribution in [1.82, 2.24) is 5.32 Å². The van der Waals surface area contributed by atoms with Gasteiger partial charge in [0.2, 0.25) is 0 Å². The molecule has 0 amide bonds. The molecule has 2 heteroatoms. The van der Waals surface area contributed by atoms with E-state index in [4.69, 9.17) is 0 Å². The van der Waals surface area contributed by atoms with Crippen LogP contribution in [-0.4, -0.2) is 25.7 Å². The number of unbranched alkanes of at least 4 members (excludes halogenated alkanes) is 1. The van der Waals surface area contributed by atoms with Crippen LogP contribution in [0.25, 0.3) is 0 Å². The Balaban J connectivity index is 1.74.